The molecule has 0 bridgehead atoms. The van der Waals surface area contributed by atoms with Crippen LogP contribution in [-0.4, -0.2) is 41.0 Å². The van der Waals surface area contributed by atoms with Crippen LogP contribution in [0.1, 0.15) is 213 Å². The summed E-state index contributed by atoms with van der Waals surface area (Å²) in [6.07, 6.45) is 55.2. The van der Waals surface area contributed by atoms with Crippen molar-refractivity contribution in [3.8, 4) is 0 Å². The number of phosphoric acid groups is 1. The minimum atomic E-state index is -4.77. The molecule has 0 amide bonds. The number of rotatable bonds is 42. The van der Waals surface area contributed by atoms with Gasteiger partial charge in [0.2, 0.25) is 0 Å². The molecule has 0 aromatic heterocycles. The number of ether oxygens (including phenoxy) is 2. The van der Waals surface area contributed by atoms with Crippen LogP contribution in [0.3, 0.4) is 0 Å². The highest BCUT2D eigenvalue weighted by molar-refractivity contribution is 7.46. The summed E-state index contributed by atoms with van der Waals surface area (Å²) in [7, 11) is -4.77. The van der Waals surface area contributed by atoms with Gasteiger partial charge in [-0.1, -0.05) is 203 Å². The first-order valence-corrected chi connectivity index (χ1v) is 24.6. The van der Waals surface area contributed by atoms with Crippen LogP contribution < -0.4 is 0 Å². The highest BCUT2D eigenvalue weighted by Gasteiger charge is 2.22. The monoisotopic (exact) mass is 821 g/mol. The first-order valence-electron chi connectivity index (χ1n) is 23.1. The van der Waals surface area contributed by atoms with Gasteiger partial charge in [0, 0.05) is 12.8 Å². The molecule has 0 aliphatic heterocycles. The molecule has 0 rings (SSSR count). The highest BCUT2D eigenvalue weighted by Crippen LogP contribution is 2.36. The van der Waals surface area contributed by atoms with Gasteiger partial charge < -0.3 is 19.3 Å². The van der Waals surface area contributed by atoms with Gasteiger partial charge in [-0.3, -0.25) is 14.1 Å². The van der Waals surface area contributed by atoms with E-state index in [2.05, 4.69) is 79.1 Å². The van der Waals surface area contributed by atoms with Gasteiger partial charge in [-0.15, -0.1) is 0 Å². The summed E-state index contributed by atoms with van der Waals surface area (Å²) < 4.78 is 26.4. The van der Waals surface area contributed by atoms with Gasteiger partial charge in [0.05, 0.1) is 6.61 Å². The van der Waals surface area contributed by atoms with Crippen molar-refractivity contribution in [2.24, 2.45) is 0 Å². The van der Waals surface area contributed by atoms with Crippen molar-refractivity contribution < 1.29 is 37.9 Å². The van der Waals surface area contributed by atoms with Crippen molar-refractivity contribution in [1.29, 1.82) is 0 Å². The predicted octanol–water partition coefficient (Wildman–Crippen LogP) is 14.5. The first-order chi connectivity index (χ1) is 27.8. The number of carbonyl (C=O) groups is 2. The zero-order valence-corrected chi connectivity index (χ0v) is 37.4. The third-order valence-corrected chi connectivity index (χ3v) is 10.3. The van der Waals surface area contributed by atoms with Crippen LogP contribution in [0.2, 0.25) is 0 Å². The van der Waals surface area contributed by atoms with E-state index in [0.717, 1.165) is 70.6 Å². The van der Waals surface area contributed by atoms with Gasteiger partial charge >= 0.3 is 19.8 Å². The third-order valence-electron chi connectivity index (χ3n) is 9.80. The van der Waals surface area contributed by atoms with Crippen LogP contribution in [0.4, 0.5) is 0 Å². The Bertz CT molecular complexity index is 1110. The van der Waals surface area contributed by atoms with E-state index in [1.165, 1.54) is 109 Å². The molecule has 330 valence electrons. The molecule has 2 N–H and O–H groups in total. The lowest BCUT2D eigenvalue weighted by atomic mass is 10.0. The second-order valence-corrected chi connectivity index (χ2v) is 16.6. The first kappa shape index (κ1) is 54.8. The minimum absolute atomic E-state index is 0.172. The molecule has 0 radical (unpaired) electrons. The molecule has 0 spiro atoms. The minimum Gasteiger partial charge on any atom is -0.462 e. The molecule has 1 unspecified atom stereocenters. The van der Waals surface area contributed by atoms with Crippen LogP contribution in [0.15, 0.2) is 60.8 Å². The molecule has 0 saturated heterocycles. The van der Waals surface area contributed by atoms with Gasteiger partial charge in [-0.05, 0) is 57.8 Å². The second kappa shape index (κ2) is 43.3. The zero-order valence-electron chi connectivity index (χ0n) is 36.5. The summed E-state index contributed by atoms with van der Waals surface area (Å²) >= 11 is 0. The number of carbonyl (C=O) groups excluding carboxylic acids is 2. The number of unbranched alkanes of at least 4 members (excludes halogenated alkanes) is 22. The quantitative estimate of drug-likeness (QED) is 0.0270. The molecule has 0 aliphatic carbocycles. The zero-order chi connectivity index (χ0) is 41.8. The summed E-state index contributed by atoms with van der Waals surface area (Å²) in [5.74, 6) is -0.918. The molecule has 0 aromatic carbocycles. The van der Waals surface area contributed by atoms with Crippen LogP contribution in [0.5, 0.6) is 0 Å². The predicted molar refractivity (Wildman–Crippen MR) is 239 cm³/mol. The van der Waals surface area contributed by atoms with Crippen molar-refractivity contribution in [2.75, 3.05) is 13.2 Å². The Morgan fingerprint density at radius 2 is 0.842 bits per heavy atom. The van der Waals surface area contributed by atoms with Crippen molar-refractivity contribution in [3.05, 3.63) is 60.8 Å². The summed E-state index contributed by atoms with van der Waals surface area (Å²) in [6, 6.07) is 0. The maximum absolute atomic E-state index is 12.4. The lowest BCUT2D eigenvalue weighted by Gasteiger charge is -2.18. The largest absolute Gasteiger partial charge is 0.469 e. The van der Waals surface area contributed by atoms with Gasteiger partial charge in [-0.2, -0.15) is 0 Å². The van der Waals surface area contributed by atoms with Crippen molar-refractivity contribution in [1.82, 2.24) is 0 Å². The van der Waals surface area contributed by atoms with Gasteiger partial charge in [0.1, 0.15) is 6.61 Å². The molecule has 0 heterocycles. The lowest BCUT2D eigenvalue weighted by Crippen LogP contribution is -2.29. The highest BCUT2D eigenvalue weighted by atomic mass is 31.2. The van der Waals surface area contributed by atoms with Crippen molar-refractivity contribution >= 4 is 19.8 Å². The Kier molecular flexibility index (Phi) is 41.6. The van der Waals surface area contributed by atoms with E-state index in [1.54, 1.807) is 0 Å². The number of phosphoric ester groups is 1. The molecular weight excluding hydrogens is 735 g/mol. The summed E-state index contributed by atoms with van der Waals surface area (Å²) in [5.41, 5.74) is 0. The summed E-state index contributed by atoms with van der Waals surface area (Å²) in [5, 5.41) is 0. The number of hydrogen-bond acceptors (Lipinski definition) is 6. The van der Waals surface area contributed by atoms with Crippen molar-refractivity contribution in [3.63, 3.8) is 0 Å². The van der Waals surface area contributed by atoms with E-state index < -0.39 is 32.5 Å². The number of esters is 2. The number of allylic oxidation sites excluding steroid dienone is 10. The molecule has 0 fully saturated rings. The molecule has 0 saturated carbocycles. The topological polar surface area (TPSA) is 119 Å². The van der Waals surface area contributed by atoms with Gasteiger partial charge in [-0.25, -0.2) is 4.57 Å². The SMILES string of the molecule is CC/C=C\C/C=C\C/C=C\C/C=C\C/C=C\CCCCCC(=O)OC(COC(=O)CCCCCCCCCCCCCCCCCCCCCC)COP(=O)(O)O. The average molecular weight is 821 g/mol. The van der Waals surface area contributed by atoms with E-state index in [9.17, 15) is 14.2 Å². The fraction of sp³-hybridized carbons (Fsp3) is 0.750. The fourth-order valence-electron chi connectivity index (χ4n) is 6.40. The Hall–Kier alpha value is -2.25. The Balaban J connectivity index is 3.92. The fourth-order valence-corrected chi connectivity index (χ4v) is 6.76. The van der Waals surface area contributed by atoms with E-state index >= 15 is 0 Å². The Morgan fingerprint density at radius 1 is 0.474 bits per heavy atom. The normalized spacial score (nSPS) is 13.0. The van der Waals surface area contributed by atoms with Crippen molar-refractivity contribution in [2.45, 2.75) is 219 Å². The second-order valence-electron chi connectivity index (χ2n) is 15.4. The molecule has 57 heavy (non-hydrogen) atoms. The molecule has 8 nitrogen and oxygen atoms in total. The summed E-state index contributed by atoms with van der Waals surface area (Å²) in [6.45, 7) is 3.57. The van der Waals surface area contributed by atoms with Crippen LogP contribution in [-0.2, 0) is 28.2 Å². The van der Waals surface area contributed by atoms with E-state index in [4.69, 9.17) is 19.3 Å². The van der Waals surface area contributed by atoms with Crippen LogP contribution in [0.25, 0.3) is 0 Å². The molecule has 1 atom stereocenters. The molecule has 0 aliphatic rings. The van der Waals surface area contributed by atoms with E-state index in [0.29, 0.717) is 6.42 Å². The molecule has 9 heteroatoms. The van der Waals surface area contributed by atoms with E-state index in [-0.39, 0.29) is 19.4 Å². The lowest BCUT2D eigenvalue weighted by molar-refractivity contribution is -0.161. The number of hydrogen-bond donors (Lipinski definition) is 2. The van der Waals surface area contributed by atoms with Gasteiger partial charge in [0.15, 0.2) is 6.10 Å². The van der Waals surface area contributed by atoms with Crippen LogP contribution in [0, 0.1) is 0 Å². The average Bonchev–Trinajstić information content (AvgIpc) is 3.18. The Labute approximate surface area is 349 Å². The molecular formula is C48H85O8P. The smallest absolute Gasteiger partial charge is 0.462 e. The maximum Gasteiger partial charge on any atom is 0.469 e. The summed E-state index contributed by atoms with van der Waals surface area (Å²) in [4.78, 5) is 43.0. The Morgan fingerprint density at radius 3 is 1.26 bits per heavy atom. The van der Waals surface area contributed by atoms with Crippen LogP contribution >= 0.6 is 7.82 Å². The van der Waals surface area contributed by atoms with E-state index in [1.807, 2.05) is 0 Å². The molecule has 0 aromatic rings. The standard InChI is InChI=1S/C48H85O8P/c1-3-5-7-9-11-13-15-17-19-21-23-25-26-28-30-32-34-36-38-40-42-47(49)54-44-46(45-55-57(51,52)53)56-48(50)43-41-39-37-35-33-31-29-27-24-22-20-18-16-14-12-10-8-6-4-2/h6,8,12,14,18,20,24,27,31,33,46H,3-5,7,9-11,13,15-17,19,21-23,25-26,28-30,32,34-45H2,1-2H3,(H2,51,52,53)/b8-6-,14-12-,20-18-,27-24-,33-31-. The van der Waals surface area contributed by atoms with Gasteiger partial charge in [0.25, 0.3) is 0 Å². The third kappa shape index (κ3) is 46.3. The maximum atomic E-state index is 12.4.